The van der Waals surface area contributed by atoms with Gasteiger partial charge in [0.05, 0.1) is 6.10 Å². The summed E-state index contributed by atoms with van der Waals surface area (Å²) in [5.41, 5.74) is 8.46. The van der Waals surface area contributed by atoms with Crippen molar-refractivity contribution in [2.75, 3.05) is 6.54 Å². The molecule has 1 aromatic heterocycles. The molecule has 92 valence electrons. The number of para-hydroxylation sites is 1. The molecule has 2 rings (SSSR count). The first-order valence-corrected chi connectivity index (χ1v) is 5.92. The highest BCUT2D eigenvalue weighted by atomic mass is 16.3. The SMILES string of the molecule is Cc1[nH]c2ccccc2c1C(O)C(C)(C)CN. The van der Waals surface area contributed by atoms with Gasteiger partial charge < -0.3 is 15.8 Å². The number of hydrogen-bond donors (Lipinski definition) is 3. The Hall–Kier alpha value is -1.32. The van der Waals surface area contributed by atoms with E-state index in [9.17, 15) is 5.11 Å². The minimum Gasteiger partial charge on any atom is -0.388 e. The average Bonchev–Trinajstić information content (AvgIpc) is 2.64. The van der Waals surface area contributed by atoms with Crippen LogP contribution >= 0.6 is 0 Å². The van der Waals surface area contributed by atoms with Crippen molar-refractivity contribution in [2.45, 2.75) is 26.9 Å². The third-order valence-electron chi connectivity index (χ3n) is 3.48. The van der Waals surface area contributed by atoms with E-state index in [1.165, 1.54) is 0 Å². The first-order chi connectivity index (χ1) is 7.97. The van der Waals surface area contributed by atoms with Crippen LogP contribution in [0.15, 0.2) is 24.3 Å². The van der Waals surface area contributed by atoms with Gasteiger partial charge in [0.15, 0.2) is 0 Å². The van der Waals surface area contributed by atoms with Crippen molar-refractivity contribution in [1.82, 2.24) is 4.98 Å². The monoisotopic (exact) mass is 232 g/mol. The number of aryl methyl sites for hydroxylation is 1. The number of nitrogens with two attached hydrogens (primary N) is 1. The van der Waals surface area contributed by atoms with E-state index >= 15 is 0 Å². The maximum atomic E-state index is 10.5. The van der Waals surface area contributed by atoms with E-state index in [2.05, 4.69) is 4.98 Å². The lowest BCUT2D eigenvalue weighted by Crippen LogP contribution is -2.31. The predicted molar refractivity (Wildman–Crippen MR) is 70.8 cm³/mol. The lowest BCUT2D eigenvalue weighted by molar-refractivity contribution is 0.0562. The molecule has 0 fully saturated rings. The summed E-state index contributed by atoms with van der Waals surface area (Å²) in [6.45, 7) is 6.41. The van der Waals surface area contributed by atoms with E-state index in [1.54, 1.807) is 0 Å². The number of nitrogens with one attached hydrogen (secondary N) is 1. The van der Waals surface area contributed by atoms with Crippen molar-refractivity contribution in [3.05, 3.63) is 35.5 Å². The number of aliphatic hydroxyl groups is 1. The molecule has 0 aliphatic carbocycles. The summed E-state index contributed by atoms with van der Waals surface area (Å²) >= 11 is 0. The van der Waals surface area contributed by atoms with Crippen LogP contribution in [0.3, 0.4) is 0 Å². The third-order valence-corrected chi connectivity index (χ3v) is 3.48. The number of aromatic amines is 1. The van der Waals surface area contributed by atoms with Crippen LogP contribution in [-0.2, 0) is 0 Å². The van der Waals surface area contributed by atoms with Crippen molar-refractivity contribution in [3.8, 4) is 0 Å². The van der Waals surface area contributed by atoms with E-state index < -0.39 is 6.10 Å². The van der Waals surface area contributed by atoms with Gasteiger partial charge in [-0.05, 0) is 13.0 Å². The number of aliphatic hydroxyl groups excluding tert-OH is 1. The molecule has 17 heavy (non-hydrogen) atoms. The van der Waals surface area contributed by atoms with Crippen LogP contribution in [0.4, 0.5) is 0 Å². The Morgan fingerprint density at radius 1 is 1.35 bits per heavy atom. The van der Waals surface area contributed by atoms with Crippen molar-refractivity contribution < 1.29 is 5.11 Å². The highest BCUT2D eigenvalue weighted by Crippen LogP contribution is 2.37. The molecular formula is C14H20N2O. The molecule has 0 amide bonds. The summed E-state index contributed by atoms with van der Waals surface area (Å²) in [4.78, 5) is 3.30. The van der Waals surface area contributed by atoms with Crippen molar-refractivity contribution in [3.63, 3.8) is 0 Å². The molecule has 2 aromatic rings. The summed E-state index contributed by atoms with van der Waals surface area (Å²) in [7, 11) is 0. The van der Waals surface area contributed by atoms with Crippen LogP contribution in [0, 0.1) is 12.3 Å². The topological polar surface area (TPSA) is 62.0 Å². The molecule has 3 heteroatoms. The van der Waals surface area contributed by atoms with E-state index in [4.69, 9.17) is 5.73 Å². The van der Waals surface area contributed by atoms with Crippen molar-refractivity contribution in [2.24, 2.45) is 11.1 Å². The smallest absolute Gasteiger partial charge is 0.0876 e. The first kappa shape index (κ1) is 12.1. The van der Waals surface area contributed by atoms with Gasteiger partial charge in [-0.3, -0.25) is 0 Å². The van der Waals surface area contributed by atoms with Gasteiger partial charge in [-0.15, -0.1) is 0 Å². The minimum atomic E-state index is -0.552. The molecule has 3 nitrogen and oxygen atoms in total. The molecule has 0 spiro atoms. The number of fused-ring (bicyclic) bond motifs is 1. The zero-order valence-corrected chi connectivity index (χ0v) is 10.6. The first-order valence-electron chi connectivity index (χ1n) is 5.92. The average molecular weight is 232 g/mol. The Kier molecular flexibility index (Phi) is 2.98. The zero-order chi connectivity index (χ0) is 12.6. The Morgan fingerprint density at radius 2 is 2.00 bits per heavy atom. The Labute approximate surface area is 102 Å². The molecule has 0 bridgehead atoms. The zero-order valence-electron chi connectivity index (χ0n) is 10.6. The molecule has 4 N–H and O–H groups in total. The lowest BCUT2D eigenvalue weighted by atomic mass is 9.82. The van der Waals surface area contributed by atoms with Crippen LogP contribution in [0.1, 0.15) is 31.2 Å². The summed E-state index contributed by atoms with van der Waals surface area (Å²) < 4.78 is 0. The van der Waals surface area contributed by atoms with Crippen LogP contribution < -0.4 is 5.73 Å². The molecule has 1 unspecified atom stereocenters. The maximum absolute atomic E-state index is 10.5. The Balaban J connectivity index is 2.59. The number of benzene rings is 1. The van der Waals surface area contributed by atoms with Gasteiger partial charge in [0.2, 0.25) is 0 Å². The molecule has 0 saturated heterocycles. The van der Waals surface area contributed by atoms with E-state index in [0.717, 1.165) is 22.2 Å². The molecule has 1 aromatic carbocycles. The summed E-state index contributed by atoms with van der Waals surface area (Å²) in [5.74, 6) is 0. The van der Waals surface area contributed by atoms with Gasteiger partial charge in [-0.2, -0.15) is 0 Å². The summed E-state index contributed by atoms with van der Waals surface area (Å²) in [6, 6.07) is 8.03. The van der Waals surface area contributed by atoms with Crippen LogP contribution in [0.25, 0.3) is 10.9 Å². The molecule has 0 saturated carbocycles. The third kappa shape index (κ3) is 1.96. The van der Waals surface area contributed by atoms with Gasteiger partial charge in [0.1, 0.15) is 0 Å². The number of H-pyrrole nitrogens is 1. The Morgan fingerprint density at radius 3 is 2.65 bits per heavy atom. The van der Waals surface area contributed by atoms with E-state index in [0.29, 0.717) is 6.54 Å². The van der Waals surface area contributed by atoms with Gasteiger partial charge in [0.25, 0.3) is 0 Å². The van der Waals surface area contributed by atoms with E-state index in [1.807, 2.05) is 45.0 Å². The molecule has 0 aliphatic heterocycles. The minimum absolute atomic E-state index is 0.324. The molecule has 0 aliphatic rings. The highest BCUT2D eigenvalue weighted by molar-refractivity contribution is 5.85. The van der Waals surface area contributed by atoms with Crippen LogP contribution in [0.5, 0.6) is 0 Å². The summed E-state index contributed by atoms with van der Waals surface area (Å²) in [5, 5.41) is 11.6. The molecular weight excluding hydrogens is 212 g/mol. The number of hydrogen-bond acceptors (Lipinski definition) is 2. The van der Waals surface area contributed by atoms with Gasteiger partial charge >= 0.3 is 0 Å². The van der Waals surface area contributed by atoms with Crippen molar-refractivity contribution in [1.29, 1.82) is 0 Å². The fourth-order valence-electron chi connectivity index (χ4n) is 2.15. The fraction of sp³-hybridized carbons (Fsp3) is 0.429. The van der Waals surface area contributed by atoms with E-state index in [-0.39, 0.29) is 5.41 Å². The molecule has 1 atom stereocenters. The normalized spacial score (nSPS) is 14.2. The fourth-order valence-corrected chi connectivity index (χ4v) is 2.15. The maximum Gasteiger partial charge on any atom is 0.0876 e. The number of aromatic nitrogens is 1. The quantitative estimate of drug-likeness (QED) is 0.761. The van der Waals surface area contributed by atoms with Gasteiger partial charge in [0, 0.05) is 34.1 Å². The highest BCUT2D eigenvalue weighted by Gasteiger charge is 2.30. The van der Waals surface area contributed by atoms with Gasteiger partial charge in [-0.1, -0.05) is 32.0 Å². The summed E-state index contributed by atoms with van der Waals surface area (Å²) in [6.07, 6.45) is -0.552. The van der Waals surface area contributed by atoms with Crippen LogP contribution in [-0.4, -0.2) is 16.6 Å². The Bertz CT molecular complexity index is 528. The largest absolute Gasteiger partial charge is 0.388 e. The van der Waals surface area contributed by atoms with Crippen molar-refractivity contribution >= 4 is 10.9 Å². The number of rotatable bonds is 3. The molecule has 0 radical (unpaired) electrons. The second-order valence-corrected chi connectivity index (χ2v) is 5.30. The van der Waals surface area contributed by atoms with Crippen LogP contribution in [0.2, 0.25) is 0 Å². The second kappa shape index (κ2) is 4.17. The molecule has 1 heterocycles. The van der Waals surface area contributed by atoms with Gasteiger partial charge in [-0.25, -0.2) is 0 Å². The predicted octanol–water partition coefficient (Wildman–Crippen LogP) is 2.49. The second-order valence-electron chi connectivity index (χ2n) is 5.30. The lowest BCUT2D eigenvalue weighted by Gasteiger charge is -2.29. The standard InChI is InChI=1S/C14H20N2O/c1-9-12(13(17)14(2,3)8-15)10-6-4-5-7-11(10)16-9/h4-7,13,16-17H,8,15H2,1-3H3.